The maximum Gasteiger partial charge on any atom is 0.337 e. The third kappa shape index (κ3) is 4.95. The van der Waals surface area contributed by atoms with E-state index in [4.69, 9.17) is 33.6 Å². The van der Waals surface area contributed by atoms with Crippen LogP contribution in [-0.4, -0.2) is 11.1 Å². The van der Waals surface area contributed by atoms with E-state index in [2.05, 4.69) is 31.9 Å². The van der Waals surface area contributed by atoms with Crippen molar-refractivity contribution in [3.05, 3.63) is 65.5 Å². The third-order valence-electron chi connectivity index (χ3n) is 2.99. The maximum absolute atomic E-state index is 10.6. The lowest BCUT2D eigenvalue weighted by Crippen LogP contribution is -1.98. The van der Waals surface area contributed by atoms with Gasteiger partial charge >= 0.3 is 5.97 Å². The summed E-state index contributed by atoms with van der Waals surface area (Å²) in [6, 6.07) is 8.67. The summed E-state index contributed by atoms with van der Waals surface area (Å²) in [6.07, 6.45) is 0. The number of hydrogen-bond donors (Lipinski definition) is 1. The van der Waals surface area contributed by atoms with Gasteiger partial charge in [-0.3, -0.25) is 0 Å². The van der Waals surface area contributed by atoms with Crippen LogP contribution in [0.4, 0.5) is 0 Å². The molecule has 0 spiro atoms. The highest BCUT2D eigenvalue weighted by Gasteiger charge is 2.11. The van der Waals surface area contributed by atoms with Crippen LogP contribution in [0.25, 0.3) is 0 Å². The topological polar surface area (TPSA) is 61.1 Å². The molecule has 0 fully saturated rings. The first kappa shape index (κ1) is 20.0. The van der Waals surface area contributed by atoms with Crippen LogP contribution in [0.1, 0.15) is 27.0 Å². The Morgan fingerprint density at radius 2 is 1.52 bits per heavy atom. The van der Waals surface area contributed by atoms with E-state index in [0.717, 1.165) is 20.1 Å². The minimum atomic E-state index is -1.00. The van der Waals surface area contributed by atoms with E-state index >= 15 is 0 Å². The van der Waals surface area contributed by atoms with Crippen LogP contribution < -0.4 is 0 Å². The molecule has 7 heteroatoms. The minimum Gasteiger partial charge on any atom is -0.478 e. The Labute approximate surface area is 161 Å². The van der Waals surface area contributed by atoms with Crippen LogP contribution in [0.5, 0.6) is 0 Å². The van der Waals surface area contributed by atoms with Crippen LogP contribution in [0.3, 0.4) is 0 Å². The molecule has 0 bridgehead atoms. The van der Waals surface area contributed by atoms with Crippen molar-refractivity contribution in [3.8, 4) is 6.07 Å². The Morgan fingerprint density at radius 3 is 2.00 bits per heavy atom. The fourth-order valence-electron chi connectivity index (χ4n) is 1.57. The van der Waals surface area contributed by atoms with Gasteiger partial charge in [-0.25, -0.2) is 4.79 Å². The molecule has 0 radical (unpaired) electrons. The van der Waals surface area contributed by atoms with Crippen molar-refractivity contribution < 1.29 is 9.90 Å². The molecule has 0 unspecified atom stereocenters. The van der Waals surface area contributed by atoms with E-state index < -0.39 is 5.97 Å². The number of benzene rings is 2. The van der Waals surface area contributed by atoms with Crippen molar-refractivity contribution in [1.82, 2.24) is 0 Å². The molecule has 0 atom stereocenters. The minimum absolute atomic E-state index is 0.136. The van der Waals surface area contributed by atoms with Gasteiger partial charge in [0.1, 0.15) is 6.07 Å². The van der Waals surface area contributed by atoms with Gasteiger partial charge in [-0.2, -0.15) is 5.26 Å². The number of carboxylic acids is 1. The van der Waals surface area contributed by atoms with Crippen LogP contribution in [-0.2, 0) is 0 Å². The number of nitriles is 1. The smallest absolute Gasteiger partial charge is 0.337 e. The molecule has 2 aromatic rings. The van der Waals surface area contributed by atoms with Crippen LogP contribution in [0, 0.1) is 25.2 Å². The fraction of sp³-hybridized carbons (Fsp3) is 0.125. The molecule has 120 valence electrons. The second-order valence-corrected chi connectivity index (χ2v) is 6.95. The molecule has 2 aromatic carbocycles. The van der Waals surface area contributed by atoms with Gasteiger partial charge in [0, 0.05) is 8.95 Å². The maximum atomic E-state index is 10.6. The highest BCUT2D eigenvalue weighted by Crippen LogP contribution is 2.27. The molecular weight excluding hydrogens is 469 g/mol. The summed E-state index contributed by atoms with van der Waals surface area (Å²) in [5.74, 6) is -1.00. The highest BCUT2D eigenvalue weighted by molar-refractivity contribution is 9.10. The number of nitrogens with zero attached hydrogens (tertiary/aromatic N) is 1. The second-order valence-electron chi connectivity index (χ2n) is 4.48. The number of rotatable bonds is 1. The average molecular weight is 480 g/mol. The monoisotopic (exact) mass is 477 g/mol. The molecule has 0 aromatic heterocycles. The van der Waals surface area contributed by atoms with Gasteiger partial charge in [0.25, 0.3) is 0 Å². The first-order chi connectivity index (χ1) is 10.7. The molecule has 3 nitrogen and oxygen atoms in total. The van der Waals surface area contributed by atoms with Crippen LogP contribution in [0.15, 0.2) is 33.2 Å². The summed E-state index contributed by atoms with van der Waals surface area (Å²) < 4.78 is 1.75. The quantitative estimate of drug-likeness (QED) is 0.515. The Kier molecular flexibility index (Phi) is 7.56. The molecule has 0 saturated carbocycles. The molecule has 0 saturated heterocycles. The standard InChI is InChI=1S/C8H5BrClN.C8H6BrClO2/c1-5-7(9)3-2-6(4-11)8(5)10;1-4-6(9)3-2-5(7(4)10)8(11)12/h2-3H,1H3;2-3H,1H3,(H,11,12). The normalized spacial score (nSPS) is 9.61. The van der Waals surface area contributed by atoms with Crippen LogP contribution in [0.2, 0.25) is 10.0 Å². The fourth-order valence-corrected chi connectivity index (χ4v) is 2.92. The molecule has 2 rings (SSSR count). The van der Waals surface area contributed by atoms with E-state index in [-0.39, 0.29) is 10.6 Å². The molecule has 0 aliphatic carbocycles. The van der Waals surface area contributed by atoms with Crippen molar-refractivity contribution in [1.29, 1.82) is 5.26 Å². The molecule has 0 aliphatic heterocycles. The first-order valence-electron chi connectivity index (χ1n) is 6.23. The second kappa shape index (κ2) is 8.70. The molecule has 0 aliphatic rings. The van der Waals surface area contributed by atoms with Gasteiger partial charge in [-0.1, -0.05) is 55.1 Å². The van der Waals surface area contributed by atoms with Crippen molar-refractivity contribution in [2.45, 2.75) is 13.8 Å². The summed E-state index contributed by atoms with van der Waals surface area (Å²) in [5.41, 5.74) is 2.31. The first-order valence-corrected chi connectivity index (χ1v) is 8.57. The van der Waals surface area contributed by atoms with E-state index in [1.165, 1.54) is 6.07 Å². The zero-order valence-corrected chi connectivity index (χ0v) is 16.8. The molecular formula is C16H11Br2Cl2NO2. The van der Waals surface area contributed by atoms with E-state index in [0.29, 0.717) is 10.6 Å². The summed E-state index contributed by atoms with van der Waals surface area (Å²) in [7, 11) is 0. The van der Waals surface area contributed by atoms with E-state index in [1.54, 1.807) is 19.1 Å². The van der Waals surface area contributed by atoms with Gasteiger partial charge in [-0.05, 0) is 49.2 Å². The number of carbonyl (C=O) groups is 1. The average Bonchev–Trinajstić information content (AvgIpc) is 2.51. The van der Waals surface area contributed by atoms with Gasteiger partial charge in [0.15, 0.2) is 0 Å². The molecule has 23 heavy (non-hydrogen) atoms. The van der Waals surface area contributed by atoms with Crippen molar-refractivity contribution >= 4 is 61.0 Å². The Morgan fingerprint density at radius 1 is 1.04 bits per heavy atom. The molecule has 1 N–H and O–H groups in total. The van der Waals surface area contributed by atoms with E-state index in [1.807, 2.05) is 19.1 Å². The predicted octanol–water partition coefficient (Wildman–Crippen LogP) is 6.39. The third-order valence-corrected chi connectivity index (χ3v) is 5.68. The lowest BCUT2D eigenvalue weighted by molar-refractivity contribution is 0.0697. The van der Waals surface area contributed by atoms with Crippen molar-refractivity contribution in [2.24, 2.45) is 0 Å². The Hall–Kier alpha value is -1.06. The number of hydrogen-bond acceptors (Lipinski definition) is 2. The highest BCUT2D eigenvalue weighted by atomic mass is 79.9. The number of halogens is 4. The molecule has 0 amide bonds. The Bertz CT molecular complexity index is 802. The lowest BCUT2D eigenvalue weighted by atomic mass is 10.1. The van der Waals surface area contributed by atoms with Gasteiger partial charge in [0.2, 0.25) is 0 Å². The summed E-state index contributed by atoms with van der Waals surface area (Å²) in [4.78, 5) is 10.6. The van der Waals surface area contributed by atoms with Gasteiger partial charge in [-0.15, -0.1) is 0 Å². The van der Waals surface area contributed by atoms with Gasteiger partial charge in [0.05, 0.1) is 21.2 Å². The lowest BCUT2D eigenvalue weighted by Gasteiger charge is -2.03. The zero-order valence-electron chi connectivity index (χ0n) is 12.1. The van der Waals surface area contributed by atoms with Crippen LogP contribution >= 0.6 is 55.1 Å². The number of carboxylic acid groups (broad SMARTS) is 1. The van der Waals surface area contributed by atoms with Gasteiger partial charge < -0.3 is 5.11 Å². The number of aromatic carboxylic acids is 1. The van der Waals surface area contributed by atoms with E-state index in [9.17, 15) is 4.79 Å². The van der Waals surface area contributed by atoms with Crippen molar-refractivity contribution in [3.63, 3.8) is 0 Å². The Balaban J connectivity index is 0.000000231. The molecule has 0 heterocycles. The summed E-state index contributed by atoms with van der Waals surface area (Å²) >= 11 is 18.2. The summed E-state index contributed by atoms with van der Waals surface area (Å²) in [6.45, 7) is 3.63. The summed E-state index contributed by atoms with van der Waals surface area (Å²) in [5, 5.41) is 18.1. The zero-order chi connectivity index (χ0) is 17.7. The largest absolute Gasteiger partial charge is 0.478 e. The SMILES string of the molecule is Cc1c(Br)ccc(C#N)c1Cl.Cc1c(Br)ccc(C(=O)O)c1Cl. The predicted molar refractivity (Wildman–Crippen MR) is 99.5 cm³/mol. The van der Waals surface area contributed by atoms with Crippen molar-refractivity contribution in [2.75, 3.05) is 0 Å².